The Bertz CT molecular complexity index is 509. The first-order valence-corrected chi connectivity index (χ1v) is 7.65. The molecule has 4 heteroatoms. The van der Waals surface area contributed by atoms with Crippen molar-refractivity contribution in [1.82, 2.24) is 5.32 Å². The van der Waals surface area contributed by atoms with E-state index in [2.05, 4.69) is 24.4 Å². The third-order valence-corrected chi connectivity index (χ3v) is 4.42. The molecule has 3 atom stereocenters. The van der Waals surface area contributed by atoms with Gasteiger partial charge < -0.3 is 10.4 Å². The molecule has 1 aliphatic rings. The van der Waals surface area contributed by atoms with Crippen molar-refractivity contribution in [3.8, 4) is 0 Å². The molecule has 2 N–H and O–H groups in total. The molecule has 0 saturated heterocycles. The molecule has 1 aromatic carbocycles. The molecule has 1 amide bonds. The van der Waals surface area contributed by atoms with Gasteiger partial charge in [0.15, 0.2) is 0 Å². The fraction of sp³-hybridized carbons (Fsp3) is 0.529. The summed E-state index contributed by atoms with van der Waals surface area (Å²) in [6, 6.07) is 8.07. The number of benzene rings is 1. The Labute approximate surface area is 125 Å². The summed E-state index contributed by atoms with van der Waals surface area (Å²) in [6.07, 6.45) is 3.08. The number of hydrogen-bond donors (Lipinski definition) is 2. The molecule has 21 heavy (non-hydrogen) atoms. The topological polar surface area (TPSA) is 66.4 Å². The largest absolute Gasteiger partial charge is 0.481 e. The van der Waals surface area contributed by atoms with E-state index in [1.165, 1.54) is 5.56 Å². The Morgan fingerprint density at radius 2 is 1.86 bits per heavy atom. The normalized spacial score (nSPS) is 22.8. The summed E-state index contributed by atoms with van der Waals surface area (Å²) in [5.41, 5.74) is 2.31. The van der Waals surface area contributed by atoms with Gasteiger partial charge in [0, 0.05) is 0 Å². The maximum absolute atomic E-state index is 12.3. The molecule has 0 radical (unpaired) electrons. The highest BCUT2D eigenvalue weighted by Gasteiger charge is 2.38. The van der Waals surface area contributed by atoms with Crippen LogP contribution in [0.5, 0.6) is 0 Å². The van der Waals surface area contributed by atoms with Gasteiger partial charge in [0.05, 0.1) is 17.9 Å². The van der Waals surface area contributed by atoms with Crippen molar-refractivity contribution >= 4 is 11.9 Å². The van der Waals surface area contributed by atoms with Crippen LogP contribution in [0.3, 0.4) is 0 Å². The lowest BCUT2D eigenvalue weighted by Crippen LogP contribution is -2.36. The van der Waals surface area contributed by atoms with E-state index in [1.807, 2.05) is 19.1 Å². The van der Waals surface area contributed by atoms with Crippen LogP contribution in [-0.2, 0) is 16.0 Å². The number of aryl methyl sites for hydroxylation is 1. The Hall–Kier alpha value is -1.84. The van der Waals surface area contributed by atoms with Crippen molar-refractivity contribution in [2.75, 3.05) is 0 Å². The summed E-state index contributed by atoms with van der Waals surface area (Å²) in [5.74, 6) is -1.90. The fourth-order valence-electron chi connectivity index (χ4n) is 3.02. The number of carbonyl (C=O) groups is 2. The zero-order valence-electron chi connectivity index (χ0n) is 12.6. The monoisotopic (exact) mass is 289 g/mol. The van der Waals surface area contributed by atoms with Gasteiger partial charge >= 0.3 is 5.97 Å². The first-order chi connectivity index (χ1) is 10.0. The third kappa shape index (κ3) is 3.63. The van der Waals surface area contributed by atoms with Crippen LogP contribution in [0.2, 0.25) is 0 Å². The summed E-state index contributed by atoms with van der Waals surface area (Å²) in [5, 5.41) is 12.1. The van der Waals surface area contributed by atoms with Crippen molar-refractivity contribution in [3.63, 3.8) is 0 Å². The van der Waals surface area contributed by atoms with Crippen LogP contribution >= 0.6 is 0 Å². The molecule has 1 fully saturated rings. The lowest BCUT2D eigenvalue weighted by molar-refractivity contribution is -0.146. The van der Waals surface area contributed by atoms with Crippen LogP contribution in [0.4, 0.5) is 0 Å². The Morgan fingerprint density at radius 3 is 2.43 bits per heavy atom. The number of hydrogen-bond acceptors (Lipinski definition) is 2. The Kier molecular flexibility index (Phi) is 4.99. The predicted octanol–water partition coefficient (Wildman–Crippen LogP) is 2.93. The molecular weight excluding hydrogens is 266 g/mol. The first kappa shape index (κ1) is 15.5. The molecule has 2 rings (SSSR count). The number of nitrogens with one attached hydrogen (secondary N) is 1. The second-order valence-electron chi connectivity index (χ2n) is 5.81. The van der Waals surface area contributed by atoms with E-state index in [9.17, 15) is 9.59 Å². The van der Waals surface area contributed by atoms with E-state index in [0.29, 0.717) is 12.8 Å². The van der Waals surface area contributed by atoms with Crippen LogP contribution in [0.1, 0.15) is 50.3 Å². The molecule has 1 aromatic rings. The summed E-state index contributed by atoms with van der Waals surface area (Å²) in [7, 11) is 0. The van der Waals surface area contributed by atoms with Crippen LogP contribution in [-0.4, -0.2) is 17.0 Å². The van der Waals surface area contributed by atoms with Gasteiger partial charge in [-0.1, -0.05) is 37.6 Å². The molecular formula is C17H23NO3. The lowest BCUT2D eigenvalue weighted by atomic mass is 9.94. The van der Waals surface area contributed by atoms with Gasteiger partial charge in [0.1, 0.15) is 0 Å². The number of rotatable bonds is 5. The van der Waals surface area contributed by atoms with Gasteiger partial charge in [0.25, 0.3) is 0 Å². The average Bonchev–Trinajstić information content (AvgIpc) is 2.97. The number of aliphatic carboxylic acids is 1. The van der Waals surface area contributed by atoms with Crippen LogP contribution in [0.25, 0.3) is 0 Å². The number of amides is 1. The first-order valence-electron chi connectivity index (χ1n) is 7.65. The van der Waals surface area contributed by atoms with Gasteiger partial charge in [-0.15, -0.1) is 0 Å². The molecule has 4 nitrogen and oxygen atoms in total. The van der Waals surface area contributed by atoms with E-state index < -0.39 is 11.9 Å². The molecule has 0 heterocycles. The van der Waals surface area contributed by atoms with Crippen molar-refractivity contribution in [2.24, 2.45) is 11.8 Å². The SMILES string of the molecule is CCc1ccc(C(C)NC(=O)[C@@H]2CCC[C@@H]2C(=O)O)cc1. The Morgan fingerprint density at radius 1 is 1.24 bits per heavy atom. The van der Waals surface area contributed by atoms with Gasteiger partial charge in [-0.05, 0) is 37.3 Å². The number of carboxylic acid groups (broad SMARTS) is 1. The molecule has 0 bridgehead atoms. The van der Waals surface area contributed by atoms with Gasteiger partial charge in [0.2, 0.25) is 5.91 Å². The minimum Gasteiger partial charge on any atom is -0.481 e. The van der Waals surface area contributed by atoms with Crippen molar-refractivity contribution in [3.05, 3.63) is 35.4 Å². The maximum Gasteiger partial charge on any atom is 0.307 e. The van der Waals surface area contributed by atoms with Gasteiger partial charge in [-0.3, -0.25) is 9.59 Å². The van der Waals surface area contributed by atoms with Crippen LogP contribution < -0.4 is 5.32 Å². The third-order valence-electron chi connectivity index (χ3n) is 4.42. The second kappa shape index (κ2) is 6.74. The molecule has 0 aromatic heterocycles. The van der Waals surface area contributed by atoms with Crippen molar-refractivity contribution in [2.45, 2.75) is 45.6 Å². The highest BCUT2D eigenvalue weighted by atomic mass is 16.4. The van der Waals surface area contributed by atoms with E-state index >= 15 is 0 Å². The van der Waals surface area contributed by atoms with Gasteiger partial charge in [-0.25, -0.2) is 0 Å². The zero-order chi connectivity index (χ0) is 15.4. The van der Waals surface area contributed by atoms with E-state index in [1.54, 1.807) is 0 Å². The predicted molar refractivity (Wildman–Crippen MR) is 80.8 cm³/mol. The van der Waals surface area contributed by atoms with Gasteiger partial charge in [-0.2, -0.15) is 0 Å². The number of carboxylic acids is 1. The zero-order valence-corrected chi connectivity index (χ0v) is 12.6. The molecule has 1 saturated carbocycles. The van der Waals surface area contributed by atoms with Crippen molar-refractivity contribution < 1.29 is 14.7 Å². The number of carbonyl (C=O) groups excluding carboxylic acids is 1. The van der Waals surface area contributed by atoms with E-state index in [0.717, 1.165) is 18.4 Å². The standard InChI is InChI=1S/C17H23NO3/c1-3-12-7-9-13(10-8-12)11(2)18-16(19)14-5-4-6-15(14)17(20)21/h7-11,14-15H,3-6H2,1-2H3,(H,18,19)(H,20,21)/t11?,14-,15+/m1/s1. The van der Waals surface area contributed by atoms with Crippen LogP contribution in [0, 0.1) is 11.8 Å². The fourth-order valence-corrected chi connectivity index (χ4v) is 3.02. The molecule has 0 spiro atoms. The molecule has 114 valence electrons. The van der Waals surface area contributed by atoms with E-state index in [-0.39, 0.29) is 17.9 Å². The highest BCUT2D eigenvalue weighted by Crippen LogP contribution is 2.32. The smallest absolute Gasteiger partial charge is 0.307 e. The molecule has 1 unspecified atom stereocenters. The van der Waals surface area contributed by atoms with E-state index in [4.69, 9.17) is 5.11 Å². The molecule has 1 aliphatic carbocycles. The minimum atomic E-state index is -0.854. The summed E-state index contributed by atoms with van der Waals surface area (Å²) in [6.45, 7) is 4.04. The molecule has 0 aliphatic heterocycles. The summed E-state index contributed by atoms with van der Waals surface area (Å²) in [4.78, 5) is 23.5. The minimum absolute atomic E-state index is 0.0987. The highest BCUT2D eigenvalue weighted by molar-refractivity contribution is 5.85. The van der Waals surface area contributed by atoms with Crippen LogP contribution in [0.15, 0.2) is 24.3 Å². The second-order valence-corrected chi connectivity index (χ2v) is 5.81. The summed E-state index contributed by atoms with van der Waals surface area (Å²) >= 11 is 0. The van der Waals surface area contributed by atoms with Crippen molar-refractivity contribution in [1.29, 1.82) is 0 Å². The quantitative estimate of drug-likeness (QED) is 0.876. The maximum atomic E-state index is 12.3. The lowest BCUT2D eigenvalue weighted by Gasteiger charge is -2.20. The summed E-state index contributed by atoms with van der Waals surface area (Å²) < 4.78 is 0. The Balaban J connectivity index is 1.99. The average molecular weight is 289 g/mol.